The van der Waals surface area contributed by atoms with Crippen LogP contribution in [0.3, 0.4) is 0 Å². The Labute approximate surface area is 95.5 Å². The summed E-state index contributed by atoms with van der Waals surface area (Å²) >= 11 is 0. The molecule has 1 fully saturated rings. The number of pyridine rings is 1. The number of hydrogen-bond acceptors (Lipinski definition) is 4. The van der Waals surface area contributed by atoms with Crippen molar-refractivity contribution in [1.82, 2.24) is 4.98 Å². The number of aliphatic hydroxyl groups is 2. The molecule has 0 bridgehead atoms. The van der Waals surface area contributed by atoms with Crippen LogP contribution in [-0.4, -0.2) is 34.9 Å². The summed E-state index contributed by atoms with van der Waals surface area (Å²) in [6.07, 6.45) is 3.40. The summed E-state index contributed by atoms with van der Waals surface area (Å²) in [6, 6.07) is 3.71. The number of nitrogens with zero attached hydrogens (tertiary/aromatic N) is 2. The smallest absolute Gasteiger partial charge is 0.128 e. The minimum absolute atomic E-state index is 0.0471. The highest BCUT2D eigenvalue weighted by atomic mass is 16.3. The lowest BCUT2D eigenvalue weighted by atomic mass is 9.82. The molecule has 0 atom stereocenters. The van der Waals surface area contributed by atoms with Crippen molar-refractivity contribution in [1.29, 1.82) is 0 Å². The first-order chi connectivity index (χ1) is 7.69. The maximum Gasteiger partial charge on any atom is 0.128 e. The van der Waals surface area contributed by atoms with Crippen LogP contribution in [0, 0.1) is 5.92 Å². The van der Waals surface area contributed by atoms with E-state index in [9.17, 15) is 5.11 Å². The van der Waals surface area contributed by atoms with Gasteiger partial charge in [-0.2, -0.15) is 0 Å². The van der Waals surface area contributed by atoms with Crippen LogP contribution < -0.4 is 4.90 Å². The normalized spacial score (nSPS) is 23.9. The number of aliphatic hydroxyl groups excluding tert-OH is 2. The van der Waals surface area contributed by atoms with Crippen molar-refractivity contribution < 1.29 is 10.2 Å². The lowest BCUT2D eigenvalue weighted by Crippen LogP contribution is -2.37. The molecule has 0 aromatic carbocycles. The summed E-state index contributed by atoms with van der Waals surface area (Å²) < 4.78 is 0. The highest BCUT2D eigenvalue weighted by Gasteiger charge is 2.28. The van der Waals surface area contributed by atoms with Gasteiger partial charge in [0.15, 0.2) is 0 Å². The van der Waals surface area contributed by atoms with Crippen LogP contribution in [-0.2, 0) is 6.61 Å². The molecular weight excluding hydrogens is 204 g/mol. The Kier molecular flexibility index (Phi) is 3.41. The van der Waals surface area contributed by atoms with Crippen molar-refractivity contribution in [3.63, 3.8) is 0 Å². The lowest BCUT2D eigenvalue weighted by molar-refractivity contribution is 0.0464. The van der Waals surface area contributed by atoms with Crippen molar-refractivity contribution in [2.45, 2.75) is 25.6 Å². The molecule has 1 aliphatic carbocycles. The van der Waals surface area contributed by atoms with Gasteiger partial charge in [0, 0.05) is 19.8 Å². The third kappa shape index (κ3) is 2.51. The summed E-state index contributed by atoms with van der Waals surface area (Å²) in [7, 11) is 1.99. The quantitative estimate of drug-likeness (QED) is 0.790. The van der Waals surface area contributed by atoms with E-state index in [0.717, 1.165) is 30.8 Å². The summed E-state index contributed by atoms with van der Waals surface area (Å²) in [5.41, 5.74) is 0.880. The maximum atomic E-state index is 9.22. The fraction of sp³-hybridized carbons (Fsp3) is 0.583. The maximum absolute atomic E-state index is 9.22. The molecule has 0 aliphatic heterocycles. The Bertz CT molecular complexity index is 351. The Morgan fingerprint density at radius 2 is 2.25 bits per heavy atom. The van der Waals surface area contributed by atoms with Crippen LogP contribution in [0.4, 0.5) is 5.82 Å². The van der Waals surface area contributed by atoms with Gasteiger partial charge >= 0.3 is 0 Å². The molecule has 0 radical (unpaired) electrons. The van der Waals surface area contributed by atoms with Gasteiger partial charge in [-0.05, 0) is 36.5 Å². The summed E-state index contributed by atoms with van der Waals surface area (Å²) in [4.78, 5) is 6.35. The first-order valence-electron chi connectivity index (χ1n) is 5.64. The van der Waals surface area contributed by atoms with E-state index in [4.69, 9.17) is 5.11 Å². The number of hydrogen-bond donors (Lipinski definition) is 2. The molecule has 2 N–H and O–H groups in total. The molecule has 0 saturated heterocycles. The summed E-state index contributed by atoms with van der Waals surface area (Å²) in [6.45, 7) is 0.963. The Morgan fingerprint density at radius 3 is 2.88 bits per heavy atom. The molecule has 2 rings (SSSR count). The monoisotopic (exact) mass is 222 g/mol. The van der Waals surface area contributed by atoms with Gasteiger partial charge in [0.05, 0.1) is 12.7 Å². The van der Waals surface area contributed by atoms with Crippen molar-refractivity contribution >= 4 is 5.82 Å². The van der Waals surface area contributed by atoms with Crippen LogP contribution >= 0.6 is 0 Å². The Morgan fingerprint density at radius 1 is 1.50 bits per heavy atom. The number of aromatic nitrogens is 1. The zero-order chi connectivity index (χ0) is 11.5. The molecule has 1 saturated carbocycles. The van der Waals surface area contributed by atoms with E-state index < -0.39 is 0 Å². The molecule has 4 nitrogen and oxygen atoms in total. The highest BCUT2D eigenvalue weighted by molar-refractivity contribution is 5.40. The van der Waals surface area contributed by atoms with Gasteiger partial charge in [0.25, 0.3) is 0 Å². The molecule has 4 heteroatoms. The zero-order valence-corrected chi connectivity index (χ0v) is 9.50. The molecule has 1 aliphatic rings. The lowest BCUT2D eigenvalue weighted by Gasteiger charge is -2.34. The van der Waals surface area contributed by atoms with Gasteiger partial charge in [-0.1, -0.05) is 0 Å². The van der Waals surface area contributed by atoms with Crippen molar-refractivity contribution in [2.24, 2.45) is 5.92 Å². The van der Waals surface area contributed by atoms with Gasteiger partial charge in [-0.25, -0.2) is 4.98 Å². The van der Waals surface area contributed by atoms with E-state index in [1.54, 1.807) is 6.20 Å². The standard InChI is InChI=1S/C12H18N2O2/c1-14(7-10-4-11(16)5-10)12-6-9(8-15)2-3-13-12/h2-3,6,10-11,15-16H,4-5,7-8H2,1H3. The second-order valence-electron chi connectivity index (χ2n) is 4.55. The van der Waals surface area contributed by atoms with E-state index in [2.05, 4.69) is 9.88 Å². The zero-order valence-electron chi connectivity index (χ0n) is 9.50. The van der Waals surface area contributed by atoms with E-state index in [1.165, 1.54) is 0 Å². The molecule has 1 aromatic rings. The van der Waals surface area contributed by atoms with E-state index >= 15 is 0 Å². The highest BCUT2D eigenvalue weighted by Crippen LogP contribution is 2.28. The van der Waals surface area contributed by atoms with Gasteiger partial charge in [0.2, 0.25) is 0 Å². The van der Waals surface area contributed by atoms with Crippen LogP contribution in [0.1, 0.15) is 18.4 Å². The average molecular weight is 222 g/mol. The Hall–Kier alpha value is -1.13. The largest absolute Gasteiger partial charge is 0.393 e. The summed E-state index contributed by atoms with van der Waals surface area (Å²) in [5.74, 6) is 1.45. The fourth-order valence-corrected chi connectivity index (χ4v) is 2.10. The predicted molar refractivity (Wildman–Crippen MR) is 62.2 cm³/mol. The minimum Gasteiger partial charge on any atom is -0.393 e. The van der Waals surface area contributed by atoms with E-state index in [0.29, 0.717) is 5.92 Å². The molecular formula is C12H18N2O2. The van der Waals surface area contributed by atoms with Gasteiger partial charge in [-0.3, -0.25) is 0 Å². The second-order valence-corrected chi connectivity index (χ2v) is 4.55. The third-order valence-corrected chi connectivity index (χ3v) is 3.13. The van der Waals surface area contributed by atoms with Crippen molar-refractivity contribution in [3.05, 3.63) is 23.9 Å². The molecule has 0 amide bonds. The number of rotatable bonds is 4. The van der Waals surface area contributed by atoms with Crippen LogP contribution in [0.2, 0.25) is 0 Å². The molecule has 0 spiro atoms. The van der Waals surface area contributed by atoms with E-state index in [-0.39, 0.29) is 12.7 Å². The molecule has 88 valence electrons. The molecule has 1 heterocycles. The second kappa shape index (κ2) is 4.80. The Balaban J connectivity index is 1.94. The van der Waals surface area contributed by atoms with Gasteiger partial charge < -0.3 is 15.1 Å². The SMILES string of the molecule is CN(CC1CC(O)C1)c1cc(CO)ccn1. The van der Waals surface area contributed by atoms with Crippen LogP contribution in [0.15, 0.2) is 18.3 Å². The topological polar surface area (TPSA) is 56.6 Å². The molecule has 16 heavy (non-hydrogen) atoms. The van der Waals surface area contributed by atoms with Crippen molar-refractivity contribution in [2.75, 3.05) is 18.5 Å². The average Bonchev–Trinajstić information content (AvgIpc) is 2.27. The molecule has 0 unspecified atom stereocenters. The van der Waals surface area contributed by atoms with Crippen molar-refractivity contribution in [3.8, 4) is 0 Å². The molecule has 1 aromatic heterocycles. The minimum atomic E-state index is -0.102. The third-order valence-electron chi connectivity index (χ3n) is 3.13. The van der Waals surface area contributed by atoms with Gasteiger partial charge in [0.1, 0.15) is 5.82 Å². The first kappa shape index (κ1) is 11.4. The van der Waals surface area contributed by atoms with Gasteiger partial charge in [-0.15, -0.1) is 0 Å². The van der Waals surface area contributed by atoms with Crippen LogP contribution in [0.5, 0.6) is 0 Å². The first-order valence-corrected chi connectivity index (χ1v) is 5.64. The van der Waals surface area contributed by atoms with Crippen LogP contribution in [0.25, 0.3) is 0 Å². The summed E-state index contributed by atoms with van der Waals surface area (Å²) in [5, 5.41) is 18.3. The fourth-order valence-electron chi connectivity index (χ4n) is 2.10. The predicted octanol–water partition coefficient (Wildman–Crippen LogP) is 0.781. The number of anilines is 1. The van der Waals surface area contributed by atoms with E-state index in [1.807, 2.05) is 19.2 Å².